The van der Waals surface area contributed by atoms with Crippen molar-refractivity contribution < 1.29 is 23.5 Å². The van der Waals surface area contributed by atoms with E-state index < -0.39 is 24.3 Å². The number of morpholine rings is 1. The number of anilines is 2. The summed E-state index contributed by atoms with van der Waals surface area (Å²) in [5, 5.41) is 2.67. The molecule has 0 bridgehead atoms. The predicted molar refractivity (Wildman–Crippen MR) is 104 cm³/mol. The van der Waals surface area contributed by atoms with E-state index >= 15 is 0 Å². The number of ether oxygens (including phenoxy) is 2. The van der Waals surface area contributed by atoms with Crippen LogP contribution in [-0.2, 0) is 19.1 Å². The standard InChI is InChI=1S/C21H21FN2O4/c22-19-4-2-1-3-16(19)5-10-21(26)28-15-20(25)23-17-6-8-18(9-7-17)24-11-13-27-14-12-24/h1-10H,11-15H2,(H,23,25)/b10-5+. The number of hydrogen-bond acceptors (Lipinski definition) is 5. The van der Waals surface area contributed by atoms with E-state index in [1.807, 2.05) is 12.1 Å². The van der Waals surface area contributed by atoms with E-state index in [1.54, 1.807) is 24.3 Å². The normalized spacial score (nSPS) is 14.1. The molecule has 0 unspecified atom stereocenters. The van der Waals surface area contributed by atoms with Crippen LogP contribution in [0.1, 0.15) is 5.56 Å². The average molecular weight is 384 g/mol. The molecular formula is C21H21FN2O4. The van der Waals surface area contributed by atoms with Gasteiger partial charge in [0, 0.05) is 36.1 Å². The molecule has 1 aliphatic heterocycles. The molecule has 1 saturated heterocycles. The third kappa shape index (κ3) is 5.65. The molecule has 0 atom stereocenters. The molecule has 1 heterocycles. The highest BCUT2D eigenvalue weighted by atomic mass is 19.1. The summed E-state index contributed by atoms with van der Waals surface area (Å²) >= 11 is 0. The van der Waals surface area contributed by atoms with Gasteiger partial charge in [0.15, 0.2) is 6.61 Å². The van der Waals surface area contributed by atoms with E-state index in [0.717, 1.165) is 24.9 Å². The predicted octanol–water partition coefficient (Wildman–Crippen LogP) is 2.86. The quantitative estimate of drug-likeness (QED) is 0.613. The van der Waals surface area contributed by atoms with Crippen LogP contribution in [0, 0.1) is 5.82 Å². The Balaban J connectivity index is 1.45. The topological polar surface area (TPSA) is 67.9 Å². The van der Waals surface area contributed by atoms with Crippen molar-refractivity contribution in [1.29, 1.82) is 0 Å². The van der Waals surface area contributed by atoms with Gasteiger partial charge in [0.25, 0.3) is 5.91 Å². The lowest BCUT2D eigenvalue weighted by Gasteiger charge is -2.28. The summed E-state index contributed by atoms with van der Waals surface area (Å²) in [4.78, 5) is 25.8. The van der Waals surface area contributed by atoms with Gasteiger partial charge in [-0.15, -0.1) is 0 Å². The van der Waals surface area contributed by atoms with Crippen LogP contribution in [0.5, 0.6) is 0 Å². The van der Waals surface area contributed by atoms with Crippen molar-refractivity contribution >= 4 is 29.3 Å². The minimum absolute atomic E-state index is 0.268. The Hall–Kier alpha value is -3.19. The molecule has 1 N–H and O–H groups in total. The van der Waals surface area contributed by atoms with Crippen molar-refractivity contribution in [3.8, 4) is 0 Å². The van der Waals surface area contributed by atoms with Gasteiger partial charge in [0.05, 0.1) is 13.2 Å². The average Bonchev–Trinajstić information content (AvgIpc) is 2.73. The van der Waals surface area contributed by atoms with Gasteiger partial charge in [-0.3, -0.25) is 4.79 Å². The lowest BCUT2D eigenvalue weighted by molar-refractivity contribution is -0.142. The fourth-order valence-corrected chi connectivity index (χ4v) is 2.73. The molecule has 2 aromatic carbocycles. The number of esters is 1. The smallest absolute Gasteiger partial charge is 0.331 e. The Labute approximate surface area is 162 Å². The van der Waals surface area contributed by atoms with Gasteiger partial charge in [-0.05, 0) is 36.4 Å². The molecule has 0 radical (unpaired) electrons. The summed E-state index contributed by atoms with van der Waals surface area (Å²) in [6.45, 7) is 2.65. The highest BCUT2D eigenvalue weighted by Gasteiger charge is 2.11. The number of rotatable bonds is 6. The number of carbonyl (C=O) groups is 2. The first kappa shape index (κ1) is 19.6. The first-order valence-corrected chi connectivity index (χ1v) is 8.94. The molecule has 7 heteroatoms. The van der Waals surface area contributed by atoms with Crippen LogP contribution in [-0.4, -0.2) is 44.8 Å². The van der Waals surface area contributed by atoms with Gasteiger partial charge in [-0.1, -0.05) is 18.2 Å². The minimum atomic E-state index is -0.721. The number of amides is 1. The lowest BCUT2D eigenvalue weighted by Crippen LogP contribution is -2.36. The maximum atomic E-state index is 13.5. The first-order chi connectivity index (χ1) is 13.6. The molecule has 0 spiro atoms. The van der Waals surface area contributed by atoms with Crippen molar-refractivity contribution in [1.82, 2.24) is 0 Å². The molecule has 1 fully saturated rings. The Bertz CT molecular complexity index is 846. The van der Waals surface area contributed by atoms with E-state index in [2.05, 4.69) is 10.2 Å². The van der Waals surface area contributed by atoms with E-state index in [4.69, 9.17) is 9.47 Å². The summed E-state index contributed by atoms with van der Waals surface area (Å²) in [6, 6.07) is 13.5. The van der Waals surface area contributed by atoms with Crippen LogP contribution in [0.2, 0.25) is 0 Å². The van der Waals surface area contributed by atoms with Crippen LogP contribution in [0.15, 0.2) is 54.6 Å². The SMILES string of the molecule is O=C(COC(=O)/C=C/c1ccccc1F)Nc1ccc(N2CCOCC2)cc1. The van der Waals surface area contributed by atoms with Gasteiger partial charge < -0.3 is 19.7 Å². The Morgan fingerprint density at radius 2 is 1.82 bits per heavy atom. The zero-order valence-corrected chi connectivity index (χ0v) is 15.3. The Morgan fingerprint density at radius 3 is 2.54 bits per heavy atom. The van der Waals surface area contributed by atoms with Gasteiger partial charge in [-0.25, -0.2) is 9.18 Å². The molecule has 28 heavy (non-hydrogen) atoms. The van der Waals surface area contributed by atoms with Crippen LogP contribution in [0.4, 0.5) is 15.8 Å². The molecule has 0 aliphatic carbocycles. The second kappa shape index (κ2) is 9.66. The second-order valence-electron chi connectivity index (χ2n) is 6.16. The molecule has 6 nitrogen and oxygen atoms in total. The molecule has 146 valence electrons. The Morgan fingerprint density at radius 1 is 1.11 bits per heavy atom. The number of carbonyl (C=O) groups excluding carboxylic acids is 2. The second-order valence-corrected chi connectivity index (χ2v) is 6.16. The largest absolute Gasteiger partial charge is 0.452 e. The van der Waals surface area contributed by atoms with Gasteiger partial charge in [-0.2, -0.15) is 0 Å². The molecule has 3 rings (SSSR count). The van der Waals surface area contributed by atoms with E-state index in [9.17, 15) is 14.0 Å². The number of nitrogens with one attached hydrogen (secondary N) is 1. The van der Waals surface area contributed by atoms with E-state index in [0.29, 0.717) is 18.9 Å². The number of hydrogen-bond donors (Lipinski definition) is 1. The highest BCUT2D eigenvalue weighted by Crippen LogP contribution is 2.19. The number of benzene rings is 2. The number of nitrogens with zero attached hydrogens (tertiary/aromatic N) is 1. The zero-order chi connectivity index (χ0) is 19.8. The zero-order valence-electron chi connectivity index (χ0n) is 15.3. The molecule has 0 saturated carbocycles. The van der Waals surface area contributed by atoms with Gasteiger partial charge in [0.1, 0.15) is 5.82 Å². The van der Waals surface area contributed by atoms with Crippen molar-refractivity contribution in [3.05, 3.63) is 66.0 Å². The lowest BCUT2D eigenvalue weighted by atomic mass is 10.2. The van der Waals surface area contributed by atoms with Crippen molar-refractivity contribution in [2.75, 3.05) is 43.1 Å². The molecular weight excluding hydrogens is 363 g/mol. The maximum Gasteiger partial charge on any atom is 0.331 e. The van der Waals surface area contributed by atoms with Crippen LogP contribution < -0.4 is 10.2 Å². The molecule has 1 amide bonds. The fourth-order valence-electron chi connectivity index (χ4n) is 2.73. The van der Waals surface area contributed by atoms with Gasteiger partial charge in [0.2, 0.25) is 0 Å². The Kier molecular flexibility index (Phi) is 6.75. The van der Waals surface area contributed by atoms with Crippen LogP contribution in [0.25, 0.3) is 6.08 Å². The van der Waals surface area contributed by atoms with E-state index in [1.165, 1.54) is 18.2 Å². The fraction of sp³-hybridized carbons (Fsp3) is 0.238. The van der Waals surface area contributed by atoms with Gasteiger partial charge >= 0.3 is 5.97 Å². The highest BCUT2D eigenvalue weighted by molar-refractivity contribution is 5.94. The minimum Gasteiger partial charge on any atom is -0.452 e. The van der Waals surface area contributed by atoms with Crippen molar-refractivity contribution in [2.45, 2.75) is 0 Å². The molecule has 2 aromatic rings. The van der Waals surface area contributed by atoms with Crippen molar-refractivity contribution in [2.24, 2.45) is 0 Å². The number of halogens is 1. The molecule has 1 aliphatic rings. The van der Waals surface area contributed by atoms with Crippen LogP contribution in [0.3, 0.4) is 0 Å². The monoisotopic (exact) mass is 384 g/mol. The first-order valence-electron chi connectivity index (χ1n) is 8.94. The van der Waals surface area contributed by atoms with E-state index in [-0.39, 0.29) is 5.56 Å². The van der Waals surface area contributed by atoms with Crippen molar-refractivity contribution in [3.63, 3.8) is 0 Å². The summed E-state index contributed by atoms with van der Waals surface area (Å²) in [5.74, 6) is -1.61. The third-order valence-corrected chi connectivity index (χ3v) is 4.18. The molecule has 0 aromatic heterocycles. The summed E-state index contributed by atoms with van der Waals surface area (Å²) in [6.07, 6.45) is 2.39. The summed E-state index contributed by atoms with van der Waals surface area (Å²) in [5.41, 5.74) is 1.94. The third-order valence-electron chi connectivity index (χ3n) is 4.18. The summed E-state index contributed by atoms with van der Waals surface area (Å²) < 4.78 is 23.7. The summed E-state index contributed by atoms with van der Waals surface area (Å²) in [7, 11) is 0. The maximum absolute atomic E-state index is 13.5. The van der Waals surface area contributed by atoms with Crippen LogP contribution >= 0.6 is 0 Å².